The lowest BCUT2D eigenvalue weighted by molar-refractivity contribution is 0.0955. The molecule has 4 aromatic rings. The topological polar surface area (TPSA) is 51.1 Å². The molecule has 0 bridgehead atoms. The van der Waals surface area contributed by atoms with Crippen LogP contribution in [0.4, 0.5) is 8.78 Å². The van der Waals surface area contributed by atoms with E-state index in [0.717, 1.165) is 23.1 Å². The van der Waals surface area contributed by atoms with Crippen molar-refractivity contribution in [2.45, 2.75) is 13.0 Å². The summed E-state index contributed by atoms with van der Waals surface area (Å²) >= 11 is 1.24. The van der Waals surface area contributed by atoms with Crippen molar-refractivity contribution in [1.82, 2.24) is 9.88 Å². The molecule has 152 valence electrons. The number of benzene rings is 2. The third-order valence-corrected chi connectivity index (χ3v) is 6.08. The Morgan fingerprint density at radius 3 is 2.50 bits per heavy atom. The van der Waals surface area contributed by atoms with Crippen LogP contribution in [0.15, 0.2) is 65.5 Å². The van der Waals surface area contributed by atoms with Gasteiger partial charge in [-0.15, -0.1) is 11.3 Å². The smallest absolute Gasteiger partial charge is 0.261 e. The van der Waals surface area contributed by atoms with Crippen molar-refractivity contribution in [1.29, 1.82) is 0 Å². The van der Waals surface area contributed by atoms with Gasteiger partial charge in [0.15, 0.2) is 11.6 Å². The van der Waals surface area contributed by atoms with Crippen molar-refractivity contribution in [3.05, 3.63) is 104 Å². The average Bonchev–Trinajstić information content (AvgIpc) is 3.18. The molecule has 7 heteroatoms. The summed E-state index contributed by atoms with van der Waals surface area (Å²) in [5.74, 6) is -2.08. The van der Waals surface area contributed by atoms with Crippen LogP contribution in [-0.4, -0.2) is 10.5 Å². The molecule has 2 aromatic heterocycles. The van der Waals surface area contributed by atoms with Crippen LogP contribution < -0.4 is 10.9 Å². The first kappa shape index (κ1) is 20.0. The molecule has 0 radical (unpaired) electrons. The van der Waals surface area contributed by atoms with Crippen LogP contribution >= 0.6 is 11.3 Å². The summed E-state index contributed by atoms with van der Waals surface area (Å²) in [7, 11) is 1.64. The molecule has 2 heterocycles. The zero-order chi connectivity index (χ0) is 21.3. The summed E-state index contributed by atoms with van der Waals surface area (Å²) in [6.45, 7) is 0.411. The zero-order valence-corrected chi connectivity index (χ0v) is 16.9. The predicted octanol–water partition coefficient (Wildman–Crippen LogP) is 4.40. The van der Waals surface area contributed by atoms with Crippen LogP contribution in [0.3, 0.4) is 0 Å². The van der Waals surface area contributed by atoms with E-state index in [-0.39, 0.29) is 17.9 Å². The van der Waals surface area contributed by atoms with Gasteiger partial charge in [-0.05, 0) is 35.4 Å². The predicted molar refractivity (Wildman–Crippen MR) is 114 cm³/mol. The second-order valence-corrected chi connectivity index (χ2v) is 8.03. The molecule has 0 saturated heterocycles. The second-order valence-electron chi connectivity index (χ2n) is 7.00. The van der Waals surface area contributed by atoms with Crippen LogP contribution in [0.5, 0.6) is 0 Å². The van der Waals surface area contributed by atoms with E-state index in [9.17, 15) is 18.4 Å². The summed E-state index contributed by atoms with van der Waals surface area (Å²) in [5, 5.41) is 3.64. The Morgan fingerprint density at radius 2 is 1.77 bits per heavy atom. The number of halogens is 2. The molecule has 4 nitrogen and oxygen atoms in total. The Kier molecular flexibility index (Phi) is 5.46. The molecular formula is C23H18F2N2O2S. The molecule has 1 N–H and O–H groups in total. The first-order chi connectivity index (χ1) is 14.4. The average molecular weight is 424 g/mol. The fraction of sp³-hybridized carbons (Fsp3) is 0.130. The van der Waals surface area contributed by atoms with Gasteiger partial charge in [-0.25, -0.2) is 8.78 Å². The number of nitrogens with zero attached hydrogens (tertiary/aromatic N) is 1. The largest absolute Gasteiger partial charge is 0.347 e. The van der Waals surface area contributed by atoms with Crippen LogP contribution in [0.25, 0.3) is 10.2 Å². The highest BCUT2D eigenvalue weighted by molar-refractivity contribution is 7.20. The summed E-state index contributed by atoms with van der Waals surface area (Å²) < 4.78 is 28.2. The summed E-state index contributed by atoms with van der Waals surface area (Å²) in [6.07, 6.45) is 0.172. The normalized spacial score (nSPS) is 11.0. The monoisotopic (exact) mass is 424 g/mol. The Balaban J connectivity index is 1.61. The molecule has 0 atom stereocenters. The molecule has 0 aliphatic heterocycles. The summed E-state index contributed by atoms with van der Waals surface area (Å²) in [6, 6.07) is 16.6. The van der Waals surface area contributed by atoms with E-state index in [1.54, 1.807) is 19.2 Å². The number of aryl methyl sites for hydroxylation is 1. The number of fused-ring (bicyclic) bond motifs is 1. The third kappa shape index (κ3) is 4.02. The molecule has 0 fully saturated rings. The van der Waals surface area contributed by atoms with Crippen molar-refractivity contribution < 1.29 is 13.6 Å². The highest BCUT2D eigenvalue weighted by Crippen LogP contribution is 2.25. The van der Waals surface area contributed by atoms with E-state index in [1.165, 1.54) is 22.0 Å². The van der Waals surface area contributed by atoms with E-state index < -0.39 is 11.6 Å². The Bertz CT molecular complexity index is 1300. The van der Waals surface area contributed by atoms with Crippen molar-refractivity contribution in [2.24, 2.45) is 7.05 Å². The molecule has 0 unspecified atom stereocenters. The molecule has 2 aromatic carbocycles. The van der Waals surface area contributed by atoms with Crippen molar-refractivity contribution in [3.8, 4) is 0 Å². The first-order valence-corrected chi connectivity index (χ1v) is 10.1. The maximum Gasteiger partial charge on any atom is 0.261 e. The van der Waals surface area contributed by atoms with E-state index in [2.05, 4.69) is 5.32 Å². The number of rotatable bonds is 5. The fourth-order valence-electron chi connectivity index (χ4n) is 3.29. The van der Waals surface area contributed by atoms with Crippen molar-refractivity contribution in [3.63, 3.8) is 0 Å². The first-order valence-electron chi connectivity index (χ1n) is 9.31. The van der Waals surface area contributed by atoms with Crippen LogP contribution in [0.1, 0.15) is 26.4 Å². The number of hydrogen-bond acceptors (Lipinski definition) is 3. The maximum absolute atomic E-state index is 13.5. The lowest BCUT2D eigenvalue weighted by Gasteiger charge is -2.06. The maximum atomic E-state index is 13.5. The van der Waals surface area contributed by atoms with E-state index >= 15 is 0 Å². The minimum atomic E-state index is -0.946. The van der Waals surface area contributed by atoms with Crippen LogP contribution in [0.2, 0.25) is 0 Å². The number of hydrogen-bond donors (Lipinski definition) is 1. The quantitative estimate of drug-likeness (QED) is 0.516. The number of pyridine rings is 1. The van der Waals surface area contributed by atoms with Gasteiger partial charge >= 0.3 is 0 Å². The number of aromatic nitrogens is 1. The van der Waals surface area contributed by atoms with Crippen LogP contribution in [-0.2, 0) is 20.0 Å². The van der Waals surface area contributed by atoms with Gasteiger partial charge in [0.25, 0.3) is 11.5 Å². The Labute approximate surface area is 175 Å². The number of carbonyl (C=O) groups excluding carboxylic acids is 1. The van der Waals surface area contributed by atoms with Gasteiger partial charge in [0, 0.05) is 31.0 Å². The molecule has 0 aliphatic carbocycles. The summed E-state index contributed by atoms with van der Waals surface area (Å²) in [5.41, 5.74) is 1.71. The standard InChI is InChI=1S/C23H18F2N2O2S/c1-27-22(29)16(9-15-7-8-18(24)19(25)10-15)11-17-12-20(30-23(17)27)21(28)26-13-14-5-3-2-4-6-14/h2-8,10-12H,9,13H2,1H3,(H,26,28). The Hall–Kier alpha value is -3.32. The van der Waals surface area contributed by atoms with Gasteiger partial charge < -0.3 is 9.88 Å². The minimum absolute atomic E-state index is 0.172. The number of thiophene rings is 1. The highest BCUT2D eigenvalue weighted by atomic mass is 32.1. The van der Waals surface area contributed by atoms with Gasteiger partial charge in [0.05, 0.1) is 4.88 Å². The third-order valence-electron chi connectivity index (χ3n) is 4.85. The van der Waals surface area contributed by atoms with Gasteiger partial charge in [-0.3, -0.25) is 9.59 Å². The highest BCUT2D eigenvalue weighted by Gasteiger charge is 2.15. The van der Waals surface area contributed by atoms with Crippen LogP contribution in [0, 0.1) is 11.6 Å². The number of carbonyl (C=O) groups is 1. The lowest BCUT2D eigenvalue weighted by atomic mass is 10.1. The van der Waals surface area contributed by atoms with Gasteiger partial charge in [-0.2, -0.15) is 0 Å². The fourth-order valence-corrected chi connectivity index (χ4v) is 4.31. The van der Waals surface area contributed by atoms with E-state index in [4.69, 9.17) is 0 Å². The Morgan fingerprint density at radius 1 is 1.00 bits per heavy atom. The molecule has 0 aliphatic rings. The molecule has 4 rings (SSSR count). The SMILES string of the molecule is Cn1c(=O)c(Cc2ccc(F)c(F)c2)cc2cc(C(=O)NCc3ccccc3)sc21. The van der Waals surface area contributed by atoms with Crippen molar-refractivity contribution >= 4 is 27.5 Å². The number of nitrogens with one attached hydrogen (secondary N) is 1. The van der Waals surface area contributed by atoms with E-state index in [0.29, 0.717) is 27.4 Å². The van der Waals surface area contributed by atoms with E-state index in [1.807, 2.05) is 30.3 Å². The molecular weight excluding hydrogens is 406 g/mol. The van der Waals surface area contributed by atoms with Gasteiger partial charge in [0.1, 0.15) is 4.83 Å². The number of amides is 1. The van der Waals surface area contributed by atoms with Gasteiger partial charge in [0.2, 0.25) is 0 Å². The molecule has 0 spiro atoms. The lowest BCUT2D eigenvalue weighted by Crippen LogP contribution is -2.21. The van der Waals surface area contributed by atoms with Crippen molar-refractivity contribution in [2.75, 3.05) is 0 Å². The minimum Gasteiger partial charge on any atom is -0.347 e. The summed E-state index contributed by atoms with van der Waals surface area (Å²) in [4.78, 5) is 26.5. The molecule has 30 heavy (non-hydrogen) atoms. The molecule has 0 saturated carbocycles. The zero-order valence-electron chi connectivity index (χ0n) is 16.1. The second kappa shape index (κ2) is 8.20. The van der Waals surface area contributed by atoms with Gasteiger partial charge in [-0.1, -0.05) is 36.4 Å². The molecule has 1 amide bonds.